The minimum atomic E-state index is -0.718. The Morgan fingerprint density at radius 3 is 2.39 bits per heavy atom. The second-order valence-electron chi connectivity index (χ2n) is 10.0. The van der Waals surface area contributed by atoms with E-state index in [1.165, 1.54) is 4.90 Å². The summed E-state index contributed by atoms with van der Waals surface area (Å²) in [4.78, 5) is 32.3. The molecule has 1 N–H and O–H groups in total. The number of carbonyl (C=O) groups is 2. The Bertz CT molecular complexity index is 1320. The number of pyridine rings is 1. The first-order valence-electron chi connectivity index (χ1n) is 12.1. The summed E-state index contributed by atoms with van der Waals surface area (Å²) >= 11 is 0. The van der Waals surface area contributed by atoms with E-state index in [4.69, 9.17) is 4.74 Å². The van der Waals surface area contributed by atoms with Crippen molar-refractivity contribution >= 4 is 17.4 Å². The number of aryl methyl sites for hydroxylation is 1. The average molecular weight is 485 g/mol. The Morgan fingerprint density at radius 2 is 1.75 bits per heavy atom. The van der Waals surface area contributed by atoms with Gasteiger partial charge in [0, 0.05) is 30.1 Å². The maximum Gasteiger partial charge on any atom is 0.295 e. The highest BCUT2D eigenvalue weighted by atomic mass is 16.5. The molecule has 1 aliphatic rings. The summed E-state index contributed by atoms with van der Waals surface area (Å²) < 4.78 is 5.82. The van der Waals surface area contributed by atoms with E-state index in [0.29, 0.717) is 12.2 Å². The molecule has 2 aromatic carbocycles. The number of ketones is 1. The lowest BCUT2D eigenvalue weighted by Crippen LogP contribution is -2.29. The molecule has 1 amide bonds. The molecule has 1 unspecified atom stereocenters. The number of aromatic nitrogens is 1. The van der Waals surface area contributed by atoms with Crippen molar-refractivity contribution in [3.05, 3.63) is 100 Å². The van der Waals surface area contributed by atoms with Crippen molar-refractivity contribution in [2.75, 3.05) is 6.61 Å². The molecule has 1 aromatic heterocycles. The zero-order chi connectivity index (χ0) is 26.0. The first kappa shape index (κ1) is 25.2. The fourth-order valence-electron chi connectivity index (χ4n) is 4.65. The van der Waals surface area contributed by atoms with E-state index in [2.05, 4.69) is 25.8 Å². The predicted octanol–water partition coefficient (Wildman–Crippen LogP) is 5.71. The lowest BCUT2D eigenvalue weighted by molar-refractivity contribution is -0.140. The van der Waals surface area contributed by atoms with E-state index in [9.17, 15) is 14.7 Å². The Morgan fingerprint density at radius 1 is 1.06 bits per heavy atom. The molecule has 1 saturated heterocycles. The van der Waals surface area contributed by atoms with Gasteiger partial charge in [0.25, 0.3) is 11.7 Å². The molecule has 0 aliphatic carbocycles. The summed E-state index contributed by atoms with van der Waals surface area (Å²) in [7, 11) is 0. The fraction of sp³-hybridized carbons (Fsp3) is 0.300. The van der Waals surface area contributed by atoms with Gasteiger partial charge < -0.3 is 14.7 Å². The lowest BCUT2D eigenvalue weighted by Gasteiger charge is -2.27. The maximum atomic E-state index is 13.4. The van der Waals surface area contributed by atoms with Crippen LogP contribution in [-0.4, -0.2) is 33.3 Å². The second kappa shape index (κ2) is 9.97. The number of rotatable bonds is 6. The number of aliphatic hydroxyl groups is 1. The van der Waals surface area contributed by atoms with Crippen LogP contribution in [0.25, 0.3) is 5.76 Å². The number of ether oxygens (including phenoxy) is 1. The molecule has 1 fully saturated rings. The van der Waals surface area contributed by atoms with Gasteiger partial charge in [-0.2, -0.15) is 0 Å². The van der Waals surface area contributed by atoms with Gasteiger partial charge in [0.05, 0.1) is 18.2 Å². The zero-order valence-corrected chi connectivity index (χ0v) is 21.4. The number of hydrogen-bond donors (Lipinski definition) is 1. The first-order chi connectivity index (χ1) is 17.1. The van der Waals surface area contributed by atoms with Gasteiger partial charge in [0.1, 0.15) is 11.5 Å². The number of likely N-dealkylation sites (tertiary alicyclic amines) is 1. The summed E-state index contributed by atoms with van der Waals surface area (Å²) in [6.45, 7) is 10.8. The summed E-state index contributed by atoms with van der Waals surface area (Å²) in [6, 6.07) is 15.9. The standard InChI is InChI=1S/C30H32N2O4/c1-6-36-24-12-11-21(17-23(24)30(3,4)5)27(33)25-26(22-10-8-7-9-19(22)2)32(29(35)28(25)34)18-20-13-15-31-16-14-20/h7-17,26,33H,6,18H2,1-5H3/b27-25+. The highest BCUT2D eigenvalue weighted by molar-refractivity contribution is 6.46. The Hall–Kier alpha value is -3.93. The van der Waals surface area contributed by atoms with Crippen LogP contribution in [0.5, 0.6) is 5.75 Å². The Balaban J connectivity index is 1.90. The molecule has 0 spiro atoms. The fourth-order valence-corrected chi connectivity index (χ4v) is 4.65. The van der Waals surface area contributed by atoms with Crippen LogP contribution in [0.15, 0.2) is 72.6 Å². The highest BCUT2D eigenvalue weighted by Gasteiger charge is 2.46. The first-order valence-corrected chi connectivity index (χ1v) is 12.1. The van der Waals surface area contributed by atoms with Gasteiger partial charge in [0.2, 0.25) is 0 Å². The normalized spacial score (nSPS) is 17.5. The van der Waals surface area contributed by atoms with Gasteiger partial charge in [-0.05, 0) is 66.3 Å². The van der Waals surface area contributed by atoms with E-state index in [-0.39, 0.29) is 23.3 Å². The second-order valence-corrected chi connectivity index (χ2v) is 10.0. The van der Waals surface area contributed by atoms with Gasteiger partial charge in [-0.1, -0.05) is 45.0 Å². The van der Waals surface area contributed by atoms with Crippen molar-refractivity contribution in [3.63, 3.8) is 0 Å². The molecule has 0 saturated carbocycles. The molecule has 6 nitrogen and oxygen atoms in total. The Kier molecular flexibility index (Phi) is 6.97. The van der Waals surface area contributed by atoms with Crippen LogP contribution in [0, 0.1) is 6.92 Å². The van der Waals surface area contributed by atoms with E-state index < -0.39 is 17.7 Å². The van der Waals surface area contributed by atoms with Crippen molar-refractivity contribution in [1.82, 2.24) is 9.88 Å². The number of amides is 1. The van der Waals surface area contributed by atoms with Crippen molar-refractivity contribution < 1.29 is 19.4 Å². The number of benzene rings is 2. The molecule has 1 aliphatic heterocycles. The maximum absolute atomic E-state index is 13.4. The van der Waals surface area contributed by atoms with Crippen LogP contribution in [0.2, 0.25) is 0 Å². The molecule has 6 heteroatoms. The largest absolute Gasteiger partial charge is 0.507 e. The SMILES string of the molecule is CCOc1ccc(/C(O)=C2\C(=O)C(=O)N(Cc3ccncc3)C2c2ccccc2C)cc1C(C)(C)C. The minimum absolute atomic E-state index is 0.0902. The number of hydrogen-bond acceptors (Lipinski definition) is 5. The number of nitrogens with zero attached hydrogens (tertiary/aromatic N) is 2. The van der Waals surface area contributed by atoms with Crippen LogP contribution < -0.4 is 4.74 Å². The molecular formula is C30H32N2O4. The molecule has 4 rings (SSSR count). The molecule has 0 bridgehead atoms. The molecular weight excluding hydrogens is 452 g/mol. The van der Waals surface area contributed by atoms with Crippen molar-refractivity contribution in [1.29, 1.82) is 0 Å². The highest BCUT2D eigenvalue weighted by Crippen LogP contribution is 2.42. The average Bonchev–Trinajstić information content (AvgIpc) is 3.09. The van der Waals surface area contributed by atoms with Crippen molar-refractivity contribution in [2.24, 2.45) is 0 Å². The molecule has 1 atom stereocenters. The van der Waals surface area contributed by atoms with E-state index in [1.807, 2.05) is 62.4 Å². The van der Waals surface area contributed by atoms with E-state index in [1.54, 1.807) is 18.5 Å². The predicted molar refractivity (Wildman–Crippen MR) is 140 cm³/mol. The molecule has 0 radical (unpaired) electrons. The number of Topliss-reactive ketones (excluding diaryl/α,β-unsaturated/α-hetero) is 1. The van der Waals surface area contributed by atoms with Crippen molar-refractivity contribution in [2.45, 2.75) is 52.6 Å². The molecule has 186 valence electrons. The van der Waals surface area contributed by atoms with Crippen molar-refractivity contribution in [3.8, 4) is 5.75 Å². The van der Waals surface area contributed by atoms with Gasteiger partial charge in [0.15, 0.2) is 0 Å². The smallest absolute Gasteiger partial charge is 0.295 e. The minimum Gasteiger partial charge on any atom is -0.507 e. The summed E-state index contributed by atoms with van der Waals surface area (Å²) in [5.74, 6) is -0.785. The summed E-state index contributed by atoms with van der Waals surface area (Å²) in [5.41, 5.74) is 3.79. The van der Waals surface area contributed by atoms with Gasteiger partial charge in [-0.3, -0.25) is 14.6 Å². The van der Waals surface area contributed by atoms with Crippen LogP contribution in [-0.2, 0) is 21.5 Å². The Labute approximate surface area is 212 Å². The van der Waals surface area contributed by atoms with Crippen LogP contribution in [0.3, 0.4) is 0 Å². The molecule has 36 heavy (non-hydrogen) atoms. The molecule has 2 heterocycles. The summed E-state index contributed by atoms with van der Waals surface area (Å²) in [6.07, 6.45) is 3.31. The summed E-state index contributed by atoms with van der Waals surface area (Å²) in [5, 5.41) is 11.6. The molecule has 3 aromatic rings. The topological polar surface area (TPSA) is 79.7 Å². The zero-order valence-electron chi connectivity index (χ0n) is 21.4. The monoisotopic (exact) mass is 484 g/mol. The van der Waals surface area contributed by atoms with E-state index >= 15 is 0 Å². The number of carbonyl (C=O) groups excluding carboxylic acids is 2. The van der Waals surface area contributed by atoms with Crippen LogP contribution >= 0.6 is 0 Å². The van der Waals surface area contributed by atoms with Gasteiger partial charge in [-0.15, -0.1) is 0 Å². The van der Waals surface area contributed by atoms with Crippen LogP contribution in [0.1, 0.15) is 61.6 Å². The van der Waals surface area contributed by atoms with Gasteiger partial charge in [-0.25, -0.2) is 0 Å². The third-order valence-corrected chi connectivity index (χ3v) is 6.49. The van der Waals surface area contributed by atoms with E-state index in [0.717, 1.165) is 28.0 Å². The number of aliphatic hydroxyl groups excluding tert-OH is 1. The van der Waals surface area contributed by atoms with Crippen LogP contribution in [0.4, 0.5) is 0 Å². The van der Waals surface area contributed by atoms with Gasteiger partial charge >= 0.3 is 0 Å². The lowest BCUT2D eigenvalue weighted by atomic mass is 9.84. The third-order valence-electron chi connectivity index (χ3n) is 6.49. The third kappa shape index (κ3) is 4.76. The quantitative estimate of drug-likeness (QED) is 0.275.